The van der Waals surface area contributed by atoms with E-state index in [0.29, 0.717) is 5.92 Å². The van der Waals surface area contributed by atoms with Gasteiger partial charge in [-0.1, -0.05) is 66.7 Å². The molecule has 1 heterocycles. The fourth-order valence-corrected chi connectivity index (χ4v) is 7.99. The van der Waals surface area contributed by atoms with Gasteiger partial charge < -0.3 is 0 Å². The number of benzene rings is 6. The van der Waals surface area contributed by atoms with Gasteiger partial charge in [0.25, 0.3) is 0 Å². The molecule has 1 unspecified atom stereocenters. The van der Waals surface area contributed by atoms with Crippen molar-refractivity contribution in [3.05, 3.63) is 224 Å². The molecular weight excluding hydrogens is 945 g/mol. The van der Waals surface area contributed by atoms with E-state index >= 15 is 35.1 Å². The van der Waals surface area contributed by atoms with Gasteiger partial charge in [0.05, 0.1) is 0 Å². The molecule has 1 aliphatic rings. The molecule has 0 saturated carbocycles. The molecule has 0 bridgehead atoms. The van der Waals surface area contributed by atoms with E-state index in [9.17, 15) is 52.7 Å². The van der Waals surface area contributed by atoms with Crippen LogP contribution in [0.4, 0.5) is 87.8 Å². The maximum atomic E-state index is 15.4. The summed E-state index contributed by atoms with van der Waals surface area (Å²) in [5.41, 5.74) is -8.90. The molecule has 1 aromatic heterocycles. The molecule has 0 spiro atoms. The summed E-state index contributed by atoms with van der Waals surface area (Å²) in [6, 6.07) is 23.7. The van der Waals surface area contributed by atoms with Crippen LogP contribution in [-0.2, 0) is 6.54 Å². The number of hydrogen-bond acceptors (Lipinski definition) is 0. The summed E-state index contributed by atoms with van der Waals surface area (Å²) in [7, 11) is 0. The minimum Gasteiger partial charge on any atom is -0.207 e. The van der Waals surface area contributed by atoms with E-state index < -0.39 is 144 Å². The molecule has 0 radical (unpaired) electrons. The lowest BCUT2D eigenvalue weighted by Crippen LogP contribution is -2.81. The molecule has 6 aromatic carbocycles. The molecule has 8 rings (SSSR count). The van der Waals surface area contributed by atoms with E-state index in [1.54, 1.807) is 0 Å². The van der Waals surface area contributed by atoms with Crippen molar-refractivity contribution in [2.24, 2.45) is 0 Å². The van der Waals surface area contributed by atoms with Crippen LogP contribution in [0, 0.1) is 116 Å². The molecule has 22 heteroatoms. The first-order chi connectivity index (χ1) is 31.6. The number of allylic oxidation sites excluding steroid dienone is 1. The first-order valence-electron chi connectivity index (χ1n) is 18.6. The third-order valence-corrected chi connectivity index (χ3v) is 11.0. The number of halogens is 20. The minimum atomic E-state index is -7.22. The molecule has 67 heavy (non-hydrogen) atoms. The highest BCUT2D eigenvalue weighted by molar-refractivity contribution is 7.20. The Morgan fingerprint density at radius 3 is 0.985 bits per heavy atom. The highest BCUT2D eigenvalue weighted by Gasteiger charge is 2.52. The van der Waals surface area contributed by atoms with Crippen molar-refractivity contribution in [3.8, 4) is 0 Å². The zero-order valence-corrected chi connectivity index (χ0v) is 32.5. The zero-order chi connectivity index (χ0) is 49.1. The predicted octanol–water partition coefficient (Wildman–Crippen LogP) is 10.0. The zero-order valence-electron chi connectivity index (χ0n) is 32.5. The molecule has 0 fully saturated rings. The van der Waals surface area contributed by atoms with Crippen LogP contribution < -0.4 is 26.4 Å². The molecule has 7 aromatic rings. The summed E-state index contributed by atoms with van der Waals surface area (Å²) in [5.74, 6) is -71.0. The minimum absolute atomic E-state index is 0.391. The Hall–Kier alpha value is -7.13. The molecule has 0 N–H and O–H groups in total. The normalized spacial score (nSPS) is 13.2. The van der Waals surface area contributed by atoms with Crippen LogP contribution in [0.5, 0.6) is 0 Å². The molecule has 0 amide bonds. The fraction of sp³-hybridized carbons (Fsp3) is 0.0444. The fourth-order valence-electron chi connectivity index (χ4n) is 7.99. The summed E-state index contributed by atoms with van der Waals surface area (Å²) in [6.45, 7) is 0.915. The van der Waals surface area contributed by atoms with Gasteiger partial charge in [-0.3, -0.25) is 0 Å². The monoisotopic (exact) mass is 963 g/mol. The predicted molar refractivity (Wildman–Crippen MR) is 199 cm³/mol. The standard InChI is InChI=1S/C24BF20.C21H18N/c26-5-1(6(27)14(35)21(42)13(5)34)25(2-7(28)15(36)22(43)16(37)8(2)29,3-9(30)17(38)23(44)18(39)10(3)31)4-11(32)19(40)24(45)20(41)12(4)33;1-2-6-17(7-3-1)16-22-14-12-19(13-15-22)21-11-10-18-8-4-5-9-20(18)21/h;1-15,21H,16H2/q-1;+1. The highest BCUT2D eigenvalue weighted by atomic mass is 19.2. The van der Waals surface area contributed by atoms with Gasteiger partial charge in [-0.2, -0.15) is 0 Å². The first kappa shape index (κ1) is 47.8. The van der Waals surface area contributed by atoms with Gasteiger partial charge >= 0.3 is 0 Å². The Balaban J connectivity index is 0.000000250. The Labute approximate surface area is 362 Å². The number of aromatic nitrogens is 1. The number of nitrogens with zero attached hydrogens (tertiary/aromatic N) is 1. The van der Waals surface area contributed by atoms with E-state index in [0.717, 1.165) is 6.54 Å². The lowest BCUT2D eigenvalue weighted by atomic mass is 9.12. The van der Waals surface area contributed by atoms with Gasteiger partial charge in [0, 0.05) is 23.6 Å². The van der Waals surface area contributed by atoms with E-state index in [4.69, 9.17) is 0 Å². The summed E-state index contributed by atoms with van der Waals surface area (Å²) < 4.78 is 296. The van der Waals surface area contributed by atoms with Crippen LogP contribution in [0.2, 0.25) is 0 Å². The lowest BCUT2D eigenvalue weighted by molar-refractivity contribution is -0.688. The molecular formula is C45H18BF20N. The molecule has 1 nitrogen and oxygen atoms in total. The lowest BCUT2D eigenvalue weighted by Gasteiger charge is -2.44. The number of fused-ring (bicyclic) bond motifs is 1. The SMILES string of the molecule is C1=CC(c2cc[n+](Cc3ccccc3)cc2)c2ccccc21.Fc1c(F)c(F)c([B-](c2c(F)c(F)c(F)c(F)c2F)(c2c(F)c(F)c(F)c(F)c2F)c2c(F)c(F)c(F)c(F)c2F)c(F)c1F. The number of pyridine rings is 1. The van der Waals surface area contributed by atoms with Crippen LogP contribution in [-0.4, -0.2) is 6.15 Å². The van der Waals surface area contributed by atoms with Gasteiger partial charge in [0.15, 0.2) is 88.7 Å². The number of hydrogen-bond donors (Lipinski definition) is 0. The molecule has 0 saturated heterocycles. The summed E-state index contributed by atoms with van der Waals surface area (Å²) in [6.07, 6.45) is 1.66. The van der Waals surface area contributed by atoms with Crippen molar-refractivity contribution in [2.75, 3.05) is 0 Å². The van der Waals surface area contributed by atoms with Gasteiger partial charge in [0.1, 0.15) is 52.7 Å². The summed E-state index contributed by atoms with van der Waals surface area (Å²) in [4.78, 5) is 0. The van der Waals surface area contributed by atoms with Crippen LogP contribution in [0.1, 0.15) is 28.2 Å². The second-order valence-corrected chi connectivity index (χ2v) is 14.6. The van der Waals surface area contributed by atoms with Crippen molar-refractivity contribution < 1.29 is 92.4 Å². The molecule has 1 atom stereocenters. The van der Waals surface area contributed by atoms with Crippen molar-refractivity contribution in [2.45, 2.75) is 12.5 Å². The Morgan fingerprint density at radius 2 is 0.642 bits per heavy atom. The maximum Gasteiger partial charge on any atom is 0.200 e. The van der Waals surface area contributed by atoms with Crippen LogP contribution in [0.3, 0.4) is 0 Å². The third kappa shape index (κ3) is 7.55. The van der Waals surface area contributed by atoms with E-state index in [1.165, 1.54) is 22.3 Å². The van der Waals surface area contributed by atoms with Crippen molar-refractivity contribution >= 4 is 34.1 Å². The van der Waals surface area contributed by atoms with Gasteiger partial charge in [-0.15, -0.1) is 21.9 Å². The quantitative estimate of drug-likeness (QED) is 0.0493. The summed E-state index contributed by atoms with van der Waals surface area (Å²) >= 11 is 0. The smallest absolute Gasteiger partial charge is 0.200 e. The van der Waals surface area contributed by atoms with Crippen LogP contribution in [0.25, 0.3) is 6.08 Å². The number of rotatable bonds is 7. The van der Waals surface area contributed by atoms with Crippen molar-refractivity contribution in [1.29, 1.82) is 0 Å². The Bertz CT molecular complexity index is 2780. The maximum absolute atomic E-state index is 15.4. The highest BCUT2D eigenvalue weighted by Crippen LogP contribution is 2.35. The van der Waals surface area contributed by atoms with Crippen molar-refractivity contribution in [1.82, 2.24) is 0 Å². The molecule has 0 aliphatic heterocycles. The Morgan fingerprint density at radius 1 is 0.343 bits per heavy atom. The van der Waals surface area contributed by atoms with Gasteiger partial charge in [-0.05, 0) is 16.7 Å². The average Bonchev–Trinajstić information content (AvgIpc) is 3.76. The van der Waals surface area contributed by atoms with Gasteiger partial charge in [0.2, 0.25) is 0 Å². The van der Waals surface area contributed by atoms with Crippen LogP contribution in [0.15, 0.2) is 85.2 Å². The summed E-state index contributed by atoms with van der Waals surface area (Å²) in [5, 5.41) is 0. The topological polar surface area (TPSA) is 3.88 Å². The second-order valence-electron chi connectivity index (χ2n) is 14.6. The van der Waals surface area contributed by atoms with E-state index in [-0.39, 0.29) is 0 Å². The van der Waals surface area contributed by atoms with Gasteiger partial charge in [-0.25, -0.2) is 92.4 Å². The van der Waals surface area contributed by atoms with E-state index in [1.807, 2.05) is 0 Å². The van der Waals surface area contributed by atoms with E-state index in [2.05, 4.69) is 95.8 Å². The third-order valence-electron chi connectivity index (χ3n) is 11.0. The molecule has 346 valence electrons. The molecule has 1 aliphatic carbocycles. The van der Waals surface area contributed by atoms with Crippen molar-refractivity contribution in [3.63, 3.8) is 0 Å². The average molecular weight is 963 g/mol. The largest absolute Gasteiger partial charge is 0.207 e. The van der Waals surface area contributed by atoms with Crippen LogP contribution >= 0.6 is 0 Å². The second kappa shape index (κ2) is 17.9. The Kier molecular flexibility index (Phi) is 12.8. The first-order valence-corrected chi connectivity index (χ1v) is 18.6.